The highest BCUT2D eigenvalue weighted by Crippen LogP contribution is 2.65. The smallest absolute Gasteiger partial charge is 0.504 e. The van der Waals surface area contributed by atoms with Crippen LogP contribution in [0.2, 0.25) is 0 Å². The summed E-state index contributed by atoms with van der Waals surface area (Å²) in [7, 11) is 2.03. The Morgan fingerprint density at radius 3 is 2.78 bits per heavy atom. The van der Waals surface area contributed by atoms with Gasteiger partial charge in [0.1, 0.15) is 11.9 Å². The third-order valence-electron chi connectivity index (χ3n) is 9.45. The van der Waals surface area contributed by atoms with Crippen LogP contribution in [0, 0.1) is 5.92 Å². The molecule has 2 unspecified atom stereocenters. The van der Waals surface area contributed by atoms with Crippen molar-refractivity contribution in [3.63, 3.8) is 0 Å². The number of carbonyl (C=O) groups is 1. The lowest BCUT2D eigenvalue weighted by Crippen LogP contribution is -2.78. The van der Waals surface area contributed by atoms with E-state index in [9.17, 15) is 28.2 Å². The predicted molar refractivity (Wildman–Crippen MR) is 146 cm³/mol. The van der Waals surface area contributed by atoms with Crippen LogP contribution in [0.4, 0.5) is 13.2 Å². The van der Waals surface area contributed by atoms with Crippen molar-refractivity contribution in [3.8, 4) is 17.2 Å². The van der Waals surface area contributed by atoms with Gasteiger partial charge in [-0.25, -0.2) is 0 Å². The van der Waals surface area contributed by atoms with Gasteiger partial charge >= 0.3 is 6.36 Å². The number of hydrogen-bond acceptors (Lipinski definition) is 6. The average molecular weight is 573 g/mol. The monoisotopic (exact) mass is 572 g/mol. The molecule has 4 aliphatic rings. The van der Waals surface area contributed by atoms with Crippen molar-refractivity contribution in [2.45, 2.75) is 75.1 Å². The second-order valence-corrected chi connectivity index (χ2v) is 12.3. The normalized spacial score (nSPS) is 30.3. The van der Waals surface area contributed by atoms with Crippen molar-refractivity contribution in [1.29, 1.82) is 0 Å². The topological polar surface area (TPSA) is 82.5 Å². The lowest BCUT2D eigenvalue weighted by molar-refractivity contribution is -0.274. The van der Waals surface area contributed by atoms with Crippen LogP contribution in [0.15, 0.2) is 42.5 Å². The number of ether oxygens (including phenoxy) is 2. The molecule has 2 aliphatic heterocycles. The number of alkyl halides is 3. The molecule has 2 N–H and O–H groups in total. The highest BCUT2D eigenvalue weighted by molar-refractivity contribution is 5.92. The Morgan fingerprint density at radius 2 is 2.05 bits per heavy atom. The van der Waals surface area contributed by atoms with E-state index in [0.29, 0.717) is 43.5 Å². The lowest BCUT2D eigenvalue weighted by Gasteiger charge is -2.64. The van der Waals surface area contributed by atoms with Crippen molar-refractivity contribution in [1.82, 2.24) is 9.80 Å². The molecule has 0 aromatic heterocycles. The maximum atomic E-state index is 13.8. The molecular weight excluding hydrogens is 537 g/mol. The number of benzene rings is 2. The van der Waals surface area contributed by atoms with E-state index < -0.39 is 23.5 Å². The number of phenols is 1. The summed E-state index contributed by atoms with van der Waals surface area (Å²) in [5.41, 5.74) is 0.495. The minimum atomic E-state index is -4.81. The Bertz CT molecular complexity index is 1390. The molecule has 2 aromatic carbocycles. The molecule has 1 saturated carbocycles. The third kappa shape index (κ3) is 4.37. The molecule has 10 heteroatoms. The maximum Gasteiger partial charge on any atom is 0.573 e. The van der Waals surface area contributed by atoms with Gasteiger partial charge in [0.15, 0.2) is 11.5 Å². The number of rotatable bonds is 6. The SMILES string of the molecule is CC(C)CN(C(=O)/C=C/c1cccc(OC(F)(F)F)c1)C1CC[C@@]2(O)[C@H]3Cc4ccc(O)c5c4[C@@]2(CCN3C)C1O5. The summed E-state index contributed by atoms with van der Waals surface area (Å²) in [4.78, 5) is 17.8. The Balaban J connectivity index is 1.36. The van der Waals surface area contributed by atoms with Crippen molar-refractivity contribution in [2.75, 3.05) is 20.1 Å². The lowest BCUT2D eigenvalue weighted by atomic mass is 9.48. The van der Waals surface area contributed by atoms with Crippen LogP contribution in [0.25, 0.3) is 6.08 Å². The van der Waals surface area contributed by atoms with Crippen molar-refractivity contribution < 1.29 is 37.7 Å². The summed E-state index contributed by atoms with van der Waals surface area (Å²) in [5.74, 6) is -0.0856. The van der Waals surface area contributed by atoms with Gasteiger partial charge < -0.3 is 29.5 Å². The van der Waals surface area contributed by atoms with Gasteiger partial charge in [-0.1, -0.05) is 32.0 Å². The summed E-state index contributed by atoms with van der Waals surface area (Å²) in [6, 6.07) is 8.56. The van der Waals surface area contributed by atoms with Crippen LogP contribution in [0.1, 0.15) is 49.8 Å². The molecule has 2 heterocycles. The Kier molecular flexibility index (Phi) is 6.57. The number of halogens is 3. The van der Waals surface area contributed by atoms with E-state index in [1.165, 1.54) is 30.4 Å². The fourth-order valence-electron chi connectivity index (χ4n) is 7.91. The predicted octanol–water partition coefficient (Wildman–Crippen LogP) is 4.64. The fourth-order valence-corrected chi connectivity index (χ4v) is 7.91. The van der Waals surface area contributed by atoms with E-state index in [1.807, 2.05) is 27.0 Å². The average Bonchev–Trinajstić information content (AvgIpc) is 3.25. The van der Waals surface area contributed by atoms with Crippen molar-refractivity contribution in [2.24, 2.45) is 5.92 Å². The minimum Gasteiger partial charge on any atom is -0.504 e. The van der Waals surface area contributed by atoms with Crippen LogP contribution in [0.3, 0.4) is 0 Å². The summed E-state index contributed by atoms with van der Waals surface area (Å²) in [6.45, 7) is 5.21. The van der Waals surface area contributed by atoms with Gasteiger partial charge in [-0.15, -0.1) is 13.2 Å². The number of likely N-dealkylation sites (tertiary alicyclic amines) is 1. The highest BCUT2D eigenvalue weighted by Gasteiger charge is 2.73. The Hall–Kier alpha value is -3.24. The molecule has 1 amide bonds. The zero-order valence-electron chi connectivity index (χ0n) is 23.3. The van der Waals surface area contributed by atoms with E-state index in [-0.39, 0.29) is 35.4 Å². The van der Waals surface area contributed by atoms with Gasteiger partial charge in [0.05, 0.1) is 17.1 Å². The summed E-state index contributed by atoms with van der Waals surface area (Å²) in [6.07, 6.45) is -0.234. The standard InChI is InChI=1S/C31H35F3N2O5/c1-18(2)17-36(25(38)10-7-19-5-4-6-21(15-19)41-31(32,33)34)22-11-12-30(39)24-16-20-8-9-23(37)27-26(20)29(30,28(22)40-27)13-14-35(24)3/h4-10,15,18,22,24,28,37,39H,11-14,16-17H2,1-3H3/b10-7+/t22?,24-,28?,29+,30-/m1/s1. The van der Waals surface area contributed by atoms with Gasteiger partial charge in [0.2, 0.25) is 5.91 Å². The number of amides is 1. The fraction of sp³-hybridized carbons (Fsp3) is 0.516. The van der Waals surface area contributed by atoms with Crippen LogP contribution in [0.5, 0.6) is 17.2 Å². The van der Waals surface area contributed by atoms with Gasteiger partial charge in [0, 0.05) is 24.2 Å². The molecule has 2 bridgehead atoms. The second kappa shape index (κ2) is 9.66. The van der Waals surface area contributed by atoms with Gasteiger partial charge in [0.25, 0.3) is 0 Å². The van der Waals surface area contributed by atoms with Crippen LogP contribution in [-0.4, -0.2) is 76.2 Å². The number of likely N-dealkylation sites (N-methyl/N-ethyl adjacent to an activating group) is 1. The molecule has 2 fully saturated rings. The first kappa shape index (κ1) is 27.9. The van der Waals surface area contributed by atoms with Gasteiger partial charge in [-0.3, -0.25) is 4.79 Å². The quantitative estimate of drug-likeness (QED) is 0.491. The summed E-state index contributed by atoms with van der Waals surface area (Å²) >= 11 is 0. The molecule has 1 saturated heterocycles. The molecule has 5 atom stereocenters. The molecule has 0 radical (unpaired) electrons. The molecule has 1 spiro atoms. The number of hydrogen-bond donors (Lipinski definition) is 2. The number of piperidine rings is 1. The molecular formula is C31H35F3N2O5. The van der Waals surface area contributed by atoms with Crippen molar-refractivity contribution in [3.05, 3.63) is 59.2 Å². The second-order valence-electron chi connectivity index (χ2n) is 12.3. The van der Waals surface area contributed by atoms with E-state index in [0.717, 1.165) is 17.7 Å². The highest BCUT2D eigenvalue weighted by atomic mass is 19.4. The zero-order chi connectivity index (χ0) is 29.3. The van der Waals surface area contributed by atoms with Crippen LogP contribution >= 0.6 is 0 Å². The molecule has 6 rings (SSSR count). The largest absolute Gasteiger partial charge is 0.573 e. The molecule has 2 aliphatic carbocycles. The van der Waals surface area contributed by atoms with Crippen LogP contribution in [-0.2, 0) is 16.6 Å². The number of carbonyl (C=O) groups excluding carboxylic acids is 1. The maximum absolute atomic E-state index is 13.8. The molecule has 7 nitrogen and oxygen atoms in total. The van der Waals surface area contributed by atoms with Crippen molar-refractivity contribution >= 4 is 12.0 Å². The van der Waals surface area contributed by atoms with E-state index in [1.54, 1.807) is 17.0 Å². The molecule has 2 aromatic rings. The zero-order valence-corrected chi connectivity index (χ0v) is 23.3. The molecule has 41 heavy (non-hydrogen) atoms. The number of aliphatic hydroxyl groups is 1. The number of phenolic OH excluding ortho intramolecular Hbond substituents is 1. The van der Waals surface area contributed by atoms with E-state index in [2.05, 4.69) is 9.64 Å². The van der Waals surface area contributed by atoms with Crippen LogP contribution < -0.4 is 9.47 Å². The Morgan fingerprint density at radius 1 is 1.27 bits per heavy atom. The number of aromatic hydroxyl groups is 1. The first-order valence-corrected chi connectivity index (χ1v) is 14.1. The molecule has 220 valence electrons. The first-order valence-electron chi connectivity index (χ1n) is 14.1. The third-order valence-corrected chi connectivity index (χ3v) is 9.45. The number of nitrogens with zero attached hydrogens (tertiary/aromatic N) is 2. The van der Waals surface area contributed by atoms with E-state index >= 15 is 0 Å². The summed E-state index contributed by atoms with van der Waals surface area (Å²) in [5, 5.41) is 23.3. The van der Waals surface area contributed by atoms with Gasteiger partial charge in [-0.2, -0.15) is 0 Å². The van der Waals surface area contributed by atoms with E-state index in [4.69, 9.17) is 4.74 Å². The summed E-state index contributed by atoms with van der Waals surface area (Å²) < 4.78 is 48.7. The first-order chi connectivity index (χ1) is 19.3. The Labute approximate surface area is 237 Å². The van der Waals surface area contributed by atoms with Gasteiger partial charge in [-0.05, 0) is 80.6 Å². The minimum absolute atomic E-state index is 0.0357.